The zero-order valence-electron chi connectivity index (χ0n) is 11.3. The lowest BCUT2D eigenvalue weighted by molar-refractivity contribution is 0.375. The molecule has 0 radical (unpaired) electrons. The van der Waals surface area contributed by atoms with Gasteiger partial charge in [0.25, 0.3) is 0 Å². The molecule has 0 saturated heterocycles. The summed E-state index contributed by atoms with van der Waals surface area (Å²) in [5.74, 6) is 0. The van der Waals surface area contributed by atoms with E-state index >= 15 is 0 Å². The van der Waals surface area contributed by atoms with Crippen LogP contribution in [0.2, 0.25) is 0 Å². The fraction of sp³-hybridized carbons (Fsp3) is 0.692. The van der Waals surface area contributed by atoms with Crippen LogP contribution in [0, 0.1) is 5.41 Å². The monoisotopic (exact) mass is 283 g/mol. The van der Waals surface area contributed by atoms with Crippen molar-refractivity contribution in [3.05, 3.63) is 16.6 Å². The second kappa shape index (κ2) is 6.06. The largest absolute Gasteiger partial charge is 0.365 e. The predicted molar refractivity (Wildman–Crippen MR) is 81.6 cm³/mol. The van der Waals surface area contributed by atoms with Gasteiger partial charge >= 0.3 is 0 Å². The molecular formula is C13H21N3S2. The van der Waals surface area contributed by atoms with E-state index in [1.165, 1.54) is 12.1 Å². The molecule has 0 fully saturated rings. The molecule has 1 unspecified atom stereocenters. The third-order valence-electron chi connectivity index (χ3n) is 2.70. The highest BCUT2D eigenvalue weighted by Crippen LogP contribution is 2.31. The van der Waals surface area contributed by atoms with Crippen molar-refractivity contribution >= 4 is 28.3 Å². The molecule has 0 aromatic carbocycles. The molecule has 2 heterocycles. The average Bonchev–Trinajstić information content (AvgIpc) is 2.88. The number of nitrogens with zero attached hydrogens (tertiary/aromatic N) is 2. The maximum atomic E-state index is 4.57. The van der Waals surface area contributed by atoms with E-state index in [9.17, 15) is 0 Å². The Bertz CT molecular complexity index is 393. The number of thioether (sulfide) groups is 1. The van der Waals surface area contributed by atoms with Gasteiger partial charge in [-0.2, -0.15) is 0 Å². The molecule has 0 aliphatic carbocycles. The van der Waals surface area contributed by atoms with E-state index in [1.54, 1.807) is 11.3 Å². The Kier molecular flexibility index (Phi) is 4.67. The minimum absolute atomic E-state index is 0.392. The summed E-state index contributed by atoms with van der Waals surface area (Å²) in [6.45, 7) is 8.77. The number of aliphatic imine (C=N–C) groups is 1. The smallest absolute Gasteiger partial charge is 0.156 e. The number of aromatic nitrogens is 1. The molecule has 3 nitrogen and oxygen atoms in total. The van der Waals surface area contributed by atoms with Crippen LogP contribution in [-0.4, -0.2) is 28.5 Å². The SMILES string of the molecule is CC(C)(C)CC1CN=C(NCCc2cscn2)S1. The van der Waals surface area contributed by atoms with Crippen LogP contribution in [0.4, 0.5) is 0 Å². The van der Waals surface area contributed by atoms with Gasteiger partial charge < -0.3 is 5.32 Å². The van der Waals surface area contributed by atoms with Crippen molar-refractivity contribution in [2.24, 2.45) is 10.4 Å². The highest BCUT2D eigenvalue weighted by atomic mass is 32.2. The lowest BCUT2D eigenvalue weighted by Gasteiger charge is -2.21. The summed E-state index contributed by atoms with van der Waals surface area (Å²) in [7, 11) is 0. The highest BCUT2D eigenvalue weighted by Gasteiger charge is 2.24. The molecule has 0 saturated carbocycles. The third-order valence-corrected chi connectivity index (χ3v) is 4.48. The summed E-state index contributed by atoms with van der Waals surface area (Å²) in [6, 6.07) is 0. The summed E-state index contributed by atoms with van der Waals surface area (Å²) in [5.41, 5.74) is 3.45. The molecule has 1 N–H and O–H groups in total. The Morgan fingerprint density at radius 1 is 1.44 bits per heavy atom. The molecule has 1 aliphatic rings. The maximum absolute atomic E-state index is 4.57. The molecule has 0 bridgehead atoms. The lowest BCUT2D eigenvalue weighted by atomic mass is 9.90. The number of thiazole rings is 1. The van der Waals surface area contributed by atoms with Crippen LogP contribution in [0.15, 0.2) is 15.9 Å². The molecule has 2 rings (SSSR count). The normalized spacial score (nSPS) is 19.9. The summed E-state index contributed by atoms with van der Waals surface area (Å²) < 4.78 is 0. The first-order valence-corrected chi connectivity index (χ1v) is 8.17. The van der Waals surface area contributed by atoms with Gasteiger partial charge in [-0.15, -0.1) is 11.3 Å². The highest BCUT2D eigenvalue weighted by molar-refractivity contribution is 8.14. The molecule has 0 amide bonds. The summed E-state index contributed by atoms with van der Waals surface area (Å²) in [4.78, 5) is 8.85. The second-order valence-electron chi connectivity index (χ2n) is 5.81. The van der Waals surface area contributed by atoms with Gasteiger partial charge in [-0.05, 0) is 11.8 Å². The second-order valence-corrected chi connectivity index (χ2v) is 7.81. The van der Waals surface area contributed by atoms with Crippen molar-refractivity contribution in [2.45, 2.75) is 38.9 Å². The molecule has 5 heteroatoms. The van der Waals surface area contributed by atoms with Gasteiger partial charge in [0.2, 0.25) is 0 Å². The van der Waals surface area contributed by atoms with E-state index < -0.39 is 0 Å². The Hall–Kier alpha value is -0.550. The Morgan fingerprint density at radius 2 is 2.28 bits per heavy atom. The van der Waals surface area contributed by atoms with E-state index in [0.717, 1.165) is 24.7 Å². The quantitative estimate of drug-likeness (QED) is 0.922. The van der Waals surface area contributed by atoms with Gasteiger partial charge in [-0.1, -0.05) is 32.5 Å². The molecule has 1 aromatic heterocycles. The van der Waals surface area contributed by atoms with Crippen LogP contribution in [0.1, 0.15) is 32.9 Å². The lowest BCUT2D eigenvalue weighted by Crippen LogP contribution is -2.23. The van der Waals surface area contributed by atoms with Crippen molar-refractivity contribution in [3.8, 4) is 0 Å². The number of hydrogen-bond acceptors (Lipinski definition) is 5. The van der Waals surface area contributed by atoms with Gasteiger partial charge in [0.15, 0.2) is 5.17 Å². The van der Waals surface area contributed by atoms with Gasteiger partial charge in [-0.25, -0.2) is 4.98 Å². The Balaban J connectivity index is 1.66. The first kappa shape index (κ1) is 13.9. The van der Waals surface area contributed by atoms with E-state index in [0.29, 0.717) is 10.7 Å². The number of hydrogen-bond donors (Lipinski definition) is 1. The van der Waals surface area contributed by atoms with Crippen molar-refractivity contribution in [3.63, 3.8) is 0 Å². The third kappa shape index (κ3) is 4.61. The molecule has 1 aliphatic heterocycles. The van der Waals surface area contributed by atoms with E-state index in [4.69, 9.17) is 0 Å². The maximum Gasteiger partial charge on any atom is 0.156 e. The molecule has 1 atom stereocenters. The zero-order valence-corrected chi connectivity index (χ0v) is 12.9. The summed E-state index contributed by atoms with van der Waals surface area (Å²) >= 11 is 3.55. The fourth-order valence-electron chi connectivity index (χ4n) is 1.96. The van der Waals surface area contributed by atoms with Gasteiger partial charge in [-0.3, -0.25) is 4.99 Å². The molecule has 18 heavy (non-hydrogen) atoms. The van der Waals surface area contributed by atoms with Gasteiger partial charge in [0.1, 0.15) is 0 Å². The Morgan fingerprint density at radius 3 is 2.94 bits per heavy atom. The standard InChI is InChI=1S/C13H21N3S2/c1-13(2,3)6-11-7-15-12(18-11)14-5-4-10-8-17-9-16-10/h8-9,11H,4-7H2,1-3H3,(H,14,15). The van der Waals surface area contributed by atoms with Crippen molar-refractivity contribution in [2.75, 3.05) is 13.1 Å². The Labute approximate surface area is 118 Å². The first-order chi connectivity index (χ1) is 8.53. The van der Waals surface area contributed by atoms with E-state index in [2.05, 4.69) is 41.4 Å². The fourth-order valence-corrected chi connectivity index (χ4v) is 3.94. The summed E-state index contributed by atoms with van der Waals surface area (Å²) in [5, 5.41) is 7.27. The van der Waals surface area contributed by atoms with Crippen LogP contribution in [-0.2, 0) is 6.42 Å². The van der Waals surface area contributed by atoms with Crippen LogP contribution >= 0.6 is 23.1 Å². The van der Waals surface area contributed by atoms with Crippen molar-refractivity contribution in [1.29, 1.82) is 0 Å². The van der Waals surface area contributed by atoms with E-state index in [-0.39, 0.29) is 0 Å². The molecule has 100 valence electrons. The molecular weight excluding hydrogens is 262 g/mol. The minimum Gasteiger partial charge on any atom is -0.365 e. The first-order valence-electron chi connectivity index (χ1n) is 6.35. The van der Waals surface area contributed by atoms with Crippen molar-refractivity contribution < 1.29 is 0 Å². The topological polar surface area (TPSA) is 37.3 Å². The van der Waals surface area contributed by atoms with Gasteiger partial charge in [0, 0.05) is 23.6 Å². The predicted octanol–water partition coefficient (Wildman–Crippen LogP) is 3.18. The number of amidine groups is 1. The van der Waals surface area contributed by atoms with Crippen molar-refractivity contribution in [1.82, 2.24) is 10.3 Å². The van der Waals surface area contributed by atoms with Gasteiger partial charge in [0.05, 0.1) is 17.7 Å². The molecule has 1 aromatic rings. The summed E-state index contributed by atoms with van der Waals surface area (Å²) in [6.07, 6.45) is 2.20. The zero-order chi connectivity index (χ0) is 13.0. The molecule has 0 spiro atoms. The van der Waals surface area contributed by atoms with E-state index in [1.807, 2.05) is 17.3 Å². The van der Waals surface area contributed by atoms with Crippen LogP contribution in [0.5, 0.6) is 0 Å². The number of nitrogens with one attached hydrogen (secondary N) is 1. The minimum atomic E-state index is 0.392. The van der Waals surface area contributed by atoms with Crippen LogP contribution < -0.4 is 5.32 Å². The van der Waals surface area contributed by atoms with Crippen LogP contribution in [0.25, 0.3) is 0 Å². The van der Waals surface area contributed by atoms with Crippen LogP contribution in [0.3, 0.4) is 0 Å². The number of rotatable bonds is 4. The average molecular weight is 283 g/mol.